The highest BCUT2D eigenvalue weighted by Crippen LogP contribution is 2.39. The molecule has 3 rings (SSSR count). The summed E-state index contributed by atoms with van der Waals surface area (Å²) in [6.45, 7) is 2.62. The summed E-state index contributed by atoms with van der Waals surface area (Å²) in [4.78, 5) is 4.34. The van der Waals surface area contributed by atoms with E-state index in [0.717, 1.165) is 36.1 Å². The molecule has 5 heteroatoms. The molecule has 2 aromatic rings. The topological polar surface area (TPSA) is 48.1 Å². The number of rotatable bonds is 2. The maximum Gasteiger partial charge on any atom is 0.134 e. The summed E-state index contributed by atoms with van der Waals surface area (Å²) >= 11 is 0. The van der Waals surface area contributed by atoms with E-state index in [0.29, 0.717) is 30.2 Å². The molecule has 0 bridgehead atoms. The Morgan fingerprint density at radius 1 is 1.23 bits per heavy atom. The number of halogens is 2. The number of aryl methyl sites for hydroxylation is 2. The summed E-state index contributed by atoms with van der Waals surface area (Å²) in [6, 6.07) is 6.91. The van der Waals surface area contributed by atoms with E-state index >= 15 is 0 Å². The first-order chi connectivity index (χ1) is 10.2. The average Bonchev–Trinajstić information content (AvgIpc) is 2.73. The van der Waals surface area contributed by atoms with Crippen molar-refractivity contribution in [2.24, 2.45) is 0 Å². The van der Waals surface area contributed by atoms with Crippen molar-refractivity contribution in [1.29, 1.82) is 0 Å². The fraction of sp³-hybridized carbons (Fsp3) is 0.353. The van der Waals surface area contributed by atoms with Gasteiger partial charge in [0.15, 0.2) is 0 Å². The molecule has 0 atom stereocenters. The van der Waals surface area contributed by atoms with Crippen LogP contribution in [0.4, 0.5) is 10.2 Å². The van der Waals surface area contributed by atoms with Crippen LogP contribution in [0.5, 0.6) is 5.75 Å². The molecule has 118 valence electrons. The highest BCUT2D eigenvalue weighted by atomic mass is 35.5. The molecule has 1 aliphatic heterocycles. The fourth-order valence-electron chi connectivity index (χ4n) is 2.82. The predicted molar refractivity (Wildman–Crippen MR) is 89.1 cm³/mol. The monoisotopic (exact) mass is 322 g/mol. The lowest BCUT2D eigenvalue weighted by Gasteiger charge is -2.16. The maximum absolute atomic E-state index is 14.5. The van der Waals surface area contributed by atoms with Gasteiger partial charge < -0.3 is 10.5 Å². The normalized spacial score (nSPS) is 13.5. The van der Waals surface area contributed by atoms with Gasteiger partial charge in [-0.2, -0.15) is 0 Å². The van der Waals surface area contributed by atoms with Gasteiger partial charge in [-0.05, 0) is 49.4 Å². The Labute approximate surface area is 136 Å². The zero-order valence-electron chi connectivity index (χ0n) is 12.6. The molecule has 22 heavy (non-hydrogen) atoms. The summed E-state index contributed by atoms with van der Waals surface area (Å²) in [6.07, 6.45) is 3.69. The van der Waals surface area contributed by atoms with Crippen LogP contribution >= 0.6 is 12.4 Å². The van der Waals surface area contributed by atoms with Crippen LogP contribution in [0.1, 0.15) is 31.0 Å². The first-order valence-corrected chi connectivity index (χ1v) is 7.40. The zero-order chi connectivity index (χ0) is 14.8. The van der Waals surface area contributed by atoms with Gasteiger partial charge in [0, 0.05) is 5.56 Å². The van der Waals surface area contributed by atoms with E-state index in [9.17, 15) is 4.39 Å². The fourth-order valence-corrected chi connectivity index (χ4v) is 2.82. The van der Waals surface area contributed by atoms with Crippen molar-refractivity contribution in [2.45, 2.75) is 32.6 Å². The van der Waals surface area contributed by atoms with Crippen LogP contribution in [0.25, 0.3) is 11.1 Å². The molecule has 0 amide bonds. The van der Waals surface area contributed by atoms with Crippen LogP contribution in [0, 0.1) is 5.82 Å². The Kier molecular flexibility index (Phi) is 5.24. The first-order valence-electron chi connectivity index (χ1n) is 7.40. The van der Waals surface area contributed by atoms with Gasteiger partial charge in [-0.15, -0.1) is 12.4 Å². The standard InChI is InChI=1S/C17H19FN2O.ClH/c1-2-14-12(7-9-15(19)20-14)16-13(18)8-6-11-5-3-4-10-21-17(11)16;/h6-9H,2-5,10H2,1H3,(H2,19,20);1H. The summed E-state index contributed by atoms with van der Waals surface area (Å²) in [5, 5.41) is 0. The second-order valence-electron chi connectivity index (χ2n) is 5.30. The summed E-state index contributed by atoms with van der Waals surface area (Å²) in [5.41, 5.74) is 8.93. The van der Waals surface area contributed by atoms with Crippen molar-refractivity contribution in [3.8, 4) is 16.9 Å². The van der Waals surface area contributed by atoms with Gasteiger partial charge in [-0.3, -0.25) is 0 Å². The average molecular weight is 323 g/mol. The van der Waals surface area contributed by atoms with E-state index in [2.05, 4.69) is 4.98 Å². The smallest absolute Gasteiger partial charge is 0.134 e. The number of fused-ring (bicyclic) bond motifs is 1. The number of nitrogens with two attached hydrogens (primary N) is 1. The molecule has 0 aliphatic carbocycles. The third-order valence-electron chi connectivity index (χ3n) is 3.88. The number of aromatic nitrogens is 1. The molecule has 1 aromatic heterocycles. The minimum atomic E-state index is -0.267. The van der Waals surface area contributed by atoms with E-state index in [1.165, 1.54) is 6.07 Å². The van der Waals surface area contributed by atoms with Gasteiger partial charge in [-0.25, -0.2) is 9.37 Å². The number of ether oxygens (including phenoxy) is 1. The minimum Gasteiger partial charge on any atom is -0.493 e. The molecule has 0 radical (unpaired) electrons. The zero-order valence-corrected chi connectivity index (χ0v) is 13.4. The van der Waals surface area contributed by atoms with Crippen LogP contribution in [0.3, 0.4) is 0 Å². The molecular formula is C17H20ClFN2O. The summed E-state index contributed by atoms with van der Waals surface area (Å²) < 4.78 is 20.3. The SMILES string of the molecule is CCc1nc(N)ccc1-c1c(F)ccc2c1OCCCC2.Cl. The quantitative estimate of drug-likeness (QED) is 0.902. The largest absolute Gasteiger partial charge is 0.493 e. The third kappa shape index (κ3) is 3.02. The van der Waals surface area contributed by atoms with E-state index in [1.807, 2.05) is 19.1 Å². The number of anilines is 1. The van der Waals surface area contributed by atoms with E-state index in [-0.39, 0.29) is 18.2 Å². The molecule has 1 aliphatic rings. The molecule has 2 N–H and O–H groups in total. The predicted octanol–water partition coefficient (Wildman–Crippen LogP) is 4.17. The van der Waals surface area contributed by atoms with Crippen molar-refractivity contribution < 1.29 is 9.13 Å². The number of benzene rings is 1. The van der Waals surface area contributed by atoms with Crippen molar-refractivity contribution in [2.75, 3.05) is 12.3 Å². The van der Waals surface area contributed by atoms with Gasteiger partial charge in [-0.1, -0.05) is 13.0 Å². The Morgan fingerprint density at radius 2 is 2.05 bits per heavy atom. The van der Waals surface area contributed by atoms with Gasteiger partial charge in [0.05, 0.1) is 17.9 Å². The van der Waals surface area contributed by atoms with Crippen LogP contribution in [-0.2, 0) is 12.8 Å². The molecule has 1 aromatic carbocycles. The van der Waals surface area contributed by atoms with Gasteiger partial charge in [0.2, 0.25) is 0 Å². The lowest BCUT2D eigenvalue weighted by atomic mass is 9.96. The van der Waals surface area contributed by atoms with Crippen LogP contribution in [-0.4, -0.2) is 11.6 Å². The summed E-state index contributed by atoms with van der Waals surface area (Å²) in [7, 11) is 0. The molecule has 0 unspecified atom stereocenters. The van der Waals surface area contributed by atoms with Crippen molar-refractivity contribution in [1.82, 2.24) is 4.98 Å². The molecular weight excluding hydrogens is 303 g/mol. The number of nitrogens with zero attached hydrogens (tertiary/aromatic N) is 1. The molecule has 2 heterocycles. The Balaban J connectivity index is 0.00000176. The van der Waals surface area contributed by atoms with Gasteiger partial charge in [0.1, 0.15) is 17.4 Å². The number of hydrogen-bond acceptors (Lipinski definition) is 3. The molecule has 0 fully saturated rings. The second-order valence-corrected chi connectivity index (χ2v) is 5.30. The van der Waals surface area contributed by atoms with E-state index in [1.54, 1.807) is 6.07 Å². The van der Waals surface area contributed by atoms with Crippen LogP contribution in [0.15, 0.2) is 24.3 Å². The highest BCUT2D eigenvalue weighted by molar-refractivity contribution is 5.85. The minimum absolute atomic E-state index is 0. The van der Waals surface area contributed by atoms with Gasteiger partial charge in [0.25, 0.3) is 0 Å². The lowest BCUT2D eigenvalue weighted by molar-refractivity contribution is 0.317. The Bertz CT molecular complexity index is 676. The molecule has 0 saturated carbocycles. The number of hydrogen-bond donors (Lipinski definition) is 1. The maximum atomic E-state index is 14.5. The lowest BCUT2D eigenvalue weighted by Crippen LogP contribution is -2.03. The van der Waals surface area contributed by atoms with Crippen molar-refractivity contribution in [3.05, 3.63) is 41.3 Å². The van der Waals surface area contributed by atoms with Crippen molar-refractivity contribution in [3.63, 3.8) is 0 Å². The Morgan fingerprint density at radius 3 is 2.82 bits per heavy atom. The van der Waals surface area contributed by atoms with E-state index < -0.39 is 0 Å². The molecule has 0 spiro atoms. The van der Waals surface area contributed by atoms with Gasteiger partial charge >= 0.3 is 0 Å². The molecule has 0 saturated heterocycles. The Hall–Kier alpha value is -1.81. The molecule has 3 nitrogen and oxygen atoms in total. The number of pyridine rings is 1. The number of nitrogen functional groups attached to an aromatic ring is 1. The summed E-state index contributed by atoms with van der Waals surface area (Å²) in [5.74, 6) is 0.865. The van der Waals surface area contributed by atoms with E-state index in [4.69, 9.17) is 10.5 Å². The van der Waals surface area contributed by atoms with Crippen molar-refractivity contribution >= 4 is 18.2 Å². The second kappa shape index (κ2) is 6.97. The third-order valence-corrected chi connectivity index (χ3v) is 3.88. The van der Waals surface area contributed by atoms with Crippen LogP contribution in [0.2, 0.25) is 0 Å². The van der Waals surface area contributed by atoms with Crippen LogP contribution < -0.4 is 10.5 Å². The first kappa shape index (κ1) is 16.6. The highest BCUT2D eigenvalue weighted by Gasteiger charge is 2.21.